The van der Waals surface area contributed by atoms with Crippen molar-refractivity contribution in [2.75, 3.05) is 14.2 Å². The molecule has 0 saturated heterocycles. The molecule has 0 spiro atoms. The Hall–Kier alpha value is -0.630. The minimum absolute atomic E-state index is 1.32. The van der Waals surface area contributed by atoms with Crippen molar-refractivity contribution >= 4 is 6.79 Å². The molecule has 60 valence electrons. The van der Waals surface area contributed by atoms with Gasteiger partial charge in [-0.1, -0.05) is 12.2 Å². The zero-order valence-electron chi connectivity index (χ0n) is 6.80. The van der Waals surface area contributed by atoms with Crippen LogP contribution in [0.4, 0.5) is 0 Å². The van der Waals surface area contributed by atoms with Crippen molar-refractivity contribution in [1.29, 1.82) is 0 Å². The van der Waals surface area contributed by atoms with Gasteiger partial charge >= 0.3 is 0 Å². The van der Waals surface area contributed by atoms with Crippen molar-refractivity contribution in [3.63, 3.8) is 0 Å². The molecule has 0 heterocycles. The molecule has 1 aliphatic carbocycles. The van der Waals surface area contributed by atoms with E-state index >= 15 is 0 Å². The first kappa shape index (κ1) is 12.1. The van der Waals surface area contributed by atoms with Crippen LogP contribution >= 0.6 is 0 Å². The summed E-state index contributed by atoms with van der Waals surface area (Å²) in [6.45, 7) is 2.00. The molecule has 0 atom stereocenters. The van der Waals surface area contributed by atoms with Crippen LogP contribution in [0.5, 0.6) is 0 Å². The van der Waals surface area contributed by atoms with Crippen LogP contribution in [-0.2, 0) is 9.53 Å². The largest absolute Gasteiger partial charge is 0.388 e. The fraction of sp³-hybridized carbons (Fsp3) is 0.625. The highest BCUT2D eigenvalue weighted by Gasteiger charge is 1.84. The lowest BCUT2D eigenvalue weighted by Gasteiger charge is -1.69. The number of methoxy groups -OCH3 is 1. The predicted molar refractivity (Wildman–Crippen MR) is 43.0 cm³/mol. The van der Waals surface area contributed by atoms with Gasteiger partial charge in [-0.25, -0.2) is 0 Å². The van der Waals surface area contributed by atoms with E-state index < -0.39 is 0 Å². The Morgan fingerprint density at radius 2 is 1.50 bits per heavy atom. The zero-order chi connectivity index (χ0) is 8.24. The summed E-state index contributed by atoms with van der Waals surface area (Å²) in [5, 5.41) is 0. The first-order valence-electron chi connectivity index (χ1n) is 3.26. The van der Waals surface area contributed by atoms with Gasteiger partial charge in [0.2, 0.25) is 0 Å². The summed E-state index contributed by atoms with van der Waals surface area (Å²) in [6.07, 6.45) is 8.50. The van der Waals surface area contributed by atoms with Gasteiger partial charge in [0.05, 0.1) is 0 Å². The molecule has 0 aromatic carbocycles. The molecule has 0 fully saturated rings. The standard InChI is InChI=1S/C5H8.C2H6O.CH2O/c1-2-4-5-3-1;1-3-2;1-2/h1-2H,3-5H2;1-2H3;1H2. The van der Waals surface area contributed by atoms with Gasteiger partial charge in [-0.15, -0.1) is 0 Å². The van der Waals surface area contributed by atoms with Crippen LogP contribution in [0.15, 0.2) is 12.2 Å². The van der Waals surface area contributed by atoms with E-state index in [0.717, 1.165) is 0 Å². The first-order chi connectivity index (χ1) is 4.91. The van der Waals surface area contributed by atoms with Crippen molar-refractivity contribution in [1.82, 2.24) is 0 Å². The quantitative estimate of drug-likeness (QED) is 0.485. The van der Waals surface area contributed by atoms with Gasteiger partial charge in [0.25, 0.3) is 0 Å². The minimum Gasteiger partial charge on any atom is -0.388 e. The molecular formula is C8H16O2. The summed E-state index contributed by atoms with van der Waals surface area (Å²) in [5.41, 5.74) is 0. The van der Waals surface area contributed by atoms with Crippen LogP contribution in [-0.4, -0.2) is 21.0 Å². The molecule has 0 radical (unpaired) electrons. The molecule has 0 amide bonds. The Morgan fingerprint density at radius 3 is 1.60 bits per heavy atom. The van der Waals surface area contributed by atoms with Crippen molar-refractivity contribution in [3.8, 4) is 0 Å². The molecule has 0 aromatic rings. The number of hydrogen-bond donors (Lipinski definition) is 0. The van der Waals surface area contributed by atoms with Gasteiger partial charge in [-0.2, -0.15) is 0 Å². The second kappa shape index (κ2) is 15.8. The van der Waals surface area contributed by atoms with Crippen LogP contribution in [0.25, 0.3) is 0 Å². The summed E-state index contributed by atoms with van der Waals surface area (Å²) in [4.78, 5) is 8.00. The predicted octanol–water partition coefficient (Wildman–Crippen LogP) is 1.80. The Labute approximate surface area is 62.9 Å². The van der Waals surface area contributed by atoms with Gasteiger partial charge in [-0.3, -0.25) is 0 Å². The van der Waals surface area contributed by atoms with Gasteiger partial charge < -0.3 is 9.53 Å². The number of ether oxygens (including phenoxy) is 1. The van der Waals surface area contributed by atoms with E-state index in [4.69, 9.17) is 4.79 Å². The summed E-state index contributed by atoms with van der Waals surface area (Å²) < 4.78 is 4.25. The third-order valence-corrected chi connectivity index (χ3v) is 0.908. The van der Waals surface area contributed by atoms with Crippen LogP contribution in [0, 0.1) is 0 Å². The monoisotopic (exact) mass is 144 g/mol. The number of carbonyl (C=O) groups excluding carboxylic acids is 1. The summed E-state index contributed by atoms with van der Waals surface area (Å²) >= 11 is 0. The molecule has 2 nitrogen and oxygen atoms in total. The molecule has 0 unspecified atom stereocenters. The molecule has 10 heavy (non-hydrogen) atoms. The van der Waals surface area contributed by atoms with E-state index in [1.54, 1.807) is 14.2 Å². The molecule has 0 aromatic heterocycles. The second-order valence-electron chi connectivity index (χ2n) is 1.81. The smallest absolute Gasteiger partial charge is 0.106 e. The fourth-order valence-electron chi connectivity index (χ4n) is 0.589. The Kier molecular flexibility index (Phi) is 19.1. The van der Waals surface area contributed by atoms with E-state index in [9.17, 15) is 0 Å². The molecule has 2 heteroatoms. The molecule has 0 N–H and O–H groups in total. The van der Waals surface area contributed by atoms with Crippen LogP contribution in [0.3, 0.4) is 0 Å². The van der Waals surface area contributed by atoms with E-state index in [1.807, 2.05) is 6.79 Å². The maximum atomic E-state index is 8.00. The number of carbonyl (C=O) groups is 1. The van der Waals surface area contributed by atoms with Crippen molar-refractivity contribution in [2.45, 2.75) is 19.3 Å². The highest BCUT2D eigenvalue weighted by molar-refractivity contribution is 5.10. The third-order valence-electron chi connectivity index (χ3n) is 0.908. The number of allylic oxidation sites excluding steroid dienone is 2. The molecule has 1 aliphatic rings. The Morgan fingerprint density at radius 1 is 1.20 bits per heavy atom. The van der Waals surface area contributed by atoms with Crippen molar-refractivity contribution in [3.05, 3.63) is 12.2 Å². The maximum Gasteiger partial charge on any atom is 0.106 e. The lowest BCUT2D eigenvalue weighted by molar-refractivity contribution is -0.0979. The van der Waals surface area contributed by atoms with E-state index in [-0.39, 0.29) is 0 Å². The van der Waals surface area contributed by atoms with Gasteiger partial charge in [0.15, 0.2) is 0 Å². The molecular weight excluding hydrogens is 128 g/mol. The molecule has 0 saturated carbocycles. The summed E-state index contributed by atoms with van der Waals surface area (Å²) in [6, 6.07) is 0. The van der Waals surface area contributed by atoms with Gasteiger partial charge in [0, 0.05) is 14.2 Å². The lowest BCUT2D eigenvalue weighted by atomic mass is 10.4. The van der Waals surface area contributed by atoms with Crippen molar-refractivity contribution < 1.29 is 9.53 Å². The van der Waals surface area contributed by atoms with Crippen LogP contribution < -0.4 is 0 Å². The highest BCUT2D eigenvalue weighted by atomic mass is 16.4. The maximum absolute atomic E-state index is 8.00. The fourth-order valence-corrected chi connectivity index (χ4v) is 0.589. The Bertz CT molecular complexity index is 63.7. The van der Waals surface area contributed by atoms with E-state index in [1.165, 1.54) is 19.3 Å². The molecule has 1 rings (SSSR count). The summed E-state index contributed by atoms with van der Waals surface area (Å²) in [7, 11) is 3.25. The third kappa shape index (κ3) is 15.7. The number of hydrogen-bond acceptors (Lipinski definition) is 2. The highest BCUT2D eigenvalue weighted by Crippen LogP contribution is 2.05. The van der Waals surface area contributed by atoms with Crippen LogP contribution in [0.1, 0.15) is 19.3 Å². The normalized spacial score (nSPS) is 12.6. The molecule has 0 aliphatic heterocycles. The average molecular weight is 144 g/mol. The van der Waals surface area contributed by atoms with E-state index in [2.05, 4.69) is 16.9 Å². The summed E-state index contributed by atoms with van der Waals surface area (Å²) in [5.74, 6) is 0. The SMILES string of the molecule is C1=CCCC1.C=O.COC. The van der Waals surface area contributed by atoms with Crippen molar-refractivity contribution in [2.24, 2.45) is 0 Å². The topological polar surface area (TPSA) is 26.3 Å². The number of rotatable bonds is 0. The zero-order valence-corrected chi connectivity index (χ0v) is 6.80. The van der Waals surface area contributed by atoms with Gasteiger partial charge in [0.1, 0.15) is 6.79 Å². The lowest BCUT2D eigenvalue weighted by Crippen LogP contribution is -1.55. The first-order valence-corrected chi connectivity index (χ1v) is 3.26. The second-order valence-corrected chi connectivity index (χ2v) is 1.81. The molecule has 0 bridgehead atoms. The van der Waals surface area contributed by atoms with E-state index in [0.29, 0.717) is 0 Å². The minimum atomic E-state index is 1.32. The Balaban J connectivity index is 0. The van der Waals surface area contributed by atoms with Crippen LogP contribution in [0.2, 0.25) is 0 Å². The van der Waals surface area contributed by atoms with Gasteiger partial charge in [-0.05, 0) is 19.3 Å². The average Bonchev–Trinajstić information content (AvgIpc) is 2.48.